The van der Waals surface area contributed by atoms with Crippen molar-refractivity contribution in [2.24, 2.45) is 0 Å². The second-order valence-corrected chi connectivity index (χ2v) is 4.56. The highest BCUT2D eigenvalue weighted by Gasteiger charge is 2.19. The molecule has 2 aromatic heterocycles. The maximum atomic E-state index is 4.55. The van der Waals surface area contributed by atoms with Crippen molar-refractivity contribution in [2.45, 2.75) is 18.9 Å². The first-order valence-corrected chi connectivity index (χ1v) is 5.81. The van der Waals surface area contributed by atoms with Crippen LogP contribution in [0.2, 0.25) is 0 Å². The van der Waals surface area contributed by atoms with Gasteiger partial charge in [0.1, 0.15) is 0 Å². The van der Waals surface area contributed by atoms with E-state index < -0.39 is 0 Å². The van der Waals surface area contributed by atoms with Gasteiger partial charge in [0, 0.05) is 17.8 Å². The fourth-order valence-corrected chi connectivity index (χ4v) is 2.32. The van der Waals surface area contributed by atoms with Gasteiger partial charge in [-0.2, -0.15) is 5.10 Å². The smallest absolute Gasteiger partial charge is 0.181 e. The summed E-state index contributed by atoms with van der Waals surface area (Å²) in [6.45, 7) is 2.32. The third-order valence-corrected chi connectivity index (χ3v) is 3.36. The van der Waals surface area contributed by atoms with Crippen LogP contribution in [-0.2, 0) is 0 Å². The Morgan fingerprint density at radius 2 is 2.12 bits per heavy atom. The van der Waals surface area contributed by atoms with Gasteiger partial charge in [0.2, 0.25) is 0 Å². The highest BCUT2D eigenvalue weighted by atomic mass is 15.3. The molecule has 1 fully saturated rings. The summed E-state index contributed by atoms with van der Waals surface area (Å²) in [4.78, 5) is 6.64. The van der Waals surface area contributed by atoms with Crippen LogP contribution in [0, 0.1) is 0 Å². The first-order valence-electron chi connectivity index (χ1n) is 5.81. The Labute approximate surface area is 94.9 Å². The van der Waals surface area contributed by atoms with Gasteiger partial charge < -0.3 is 4.90 Å². The molecule has 3 rings (SSSR count). The van der Waals surface area contributed by atoms with E-state index in [0.29, 0.717) is 6.04 Å². The molecule has 0 spiro atoms. The van der Waals surface area contributed by atoms with Crippen molar-refractivity contribution in [1.29, 1.82) is 0 Å². The van der Waals surface area contributed by atoms with Crippen LogP contribution in [0.1, 0.15) is 18.9 Å². The third-order valence-electron chi connectivity index (χ3n) is 3.36. The minimum absolute atomic E-state index is 0.547. The Balaban J connectivity index is 1.88. The molecule has 0 atom stereocenters. The molecule has 1 aliphatic rings. The van der Waals surface area contributed by atoms with Gasteiger partial charge in [-0.3, -0.25) is 4.68 Å². The van der Waals surface area contributed by atoms with Crippen LogP contribution in [0.25, 0.3) is 11.0 Å². The summed E-state index contributed by atoms with van der Waals surface area (Å²) < 4.78 is 2.10. The van der Waals surface area contributed by atoms with Crippen molar-refractivity contribution in [3.63, 3.8) is 0 Å². The lowest BCUT2D eigenvalue weighted by Gasteiger charge is -2.28. The molecule has 1 saturated heterocycles. The molecule has 0 unspecified atom stereocenters. The summed E-state index contributed by atoms with van der Waals surface area (Å²) in [6, 6.07) is 4.58. The number of piperidine rings is 1. The average molecular weight is 216 g/mol. The molecule has 4 heteroatoms. The molecule has 0 amide bonds. The normalized spacial score (nSPS) is 19.3. The molecule has 0 saturated carbocycles. The Kier molecular flexibility index (Phi) is 2.36. The summed E-state index contributed by atoms with van der Waals surface area (Å²) in [5.74, 6) is 0. The van der Waals surface area contributed by atoms with E-state index in [1.165, 1.54) is 12.8 Å². The topological polar surface area (TPSA) is 34.0 Å². The largest absolute Gasteiger partial charge is 0.306 e. The molecular formula is C12H16N4. The van der Waals surface area contributed by atoms with Crippen molar-refractivity contribution < 1.29 is 0 Å². The molecule has 2 aromatic rings. The summed E-state index contributed by atoms with van der Waals surface area (Å²) in [5.41, 5.74) is 0.862. The van der Waals surface area contributed by atoms with Crippen LogP contribution in [0.5, 0.6) is 0 Å². The lowest BCUT2D eigenvalue weighted by atomic mass is 10.1. The number of rotatable bonds is 1. The third kappa shape index (κ3) is 1.69. The summed E-state index contributed by atoms with van der Waals surface area (Å²) in [5, 5.41) is 5.69. The van der Waals surface area contributed by atoms with Gasteiger partial charge in [-0.15, -0.1) is 0 Å². The first-order chi connectivity index (χ1) is 7.83. The molecule has 4 nitrogen and oxygen atoms in total. The maximum Gasteiger partial charge on any atom is 0.181 e. The number of fused-ring (bicyclic) bond motifs is 1. The molecule has 16 heavy (non-hydrogen) atoms. The lowest BCUT2D eigenvalue weighted by molar-refractivity contribution is 0.213. The number of likely N-dealkylation sites (tertiary alicyclic amines) is 1. The van der Waals surface area contributed by atoms with E-state index in [9.17, 15) is 0 Å². The molecule has 0 radical (unpaired) electrons. The number of pyridine rings is 1. The minimum atomic E-state index is 0.547. The lowest BCUT2D eigenvalue weighted by Crippen LogP contribution is -2.31. The van der Waals surface area contributed by atoms with Gasteiger partial charge in [-0.25, -0.2) is 4.98 Å². The molecule has 0 aliphatic carbocycles. The van der Waals surface area contributed by atoms with Crippen molar-refractivity contribution in [2.75, 3.05) is 20.1 Å². The zero-order valence-electron chi connectivity index (χ0n) is 9.50. The van der Waals surface area contributed by atoms with E-state index in [1.807, 2.05) is 6.07 Å². The summed E-state index contributed by atoms with van der Waals surface area (Å²) >= 11 is 0. The molecule has 3 heterocycles. The van der Waals surface area contributed by atoms with E-state index >= 15 is 0 Å². The Morgan fingerprint density at radius 1 is 1.31 bits per heavy atom. The SMILES string of the molecule is CN1CCC(n2cc3cccnc3n2)CC1. The number of aromatic nitrogens is 3. The molecule has 84 valence electrons. The van der Waals surface area contributed by atoms with Crippen molar-refractivity contribution in [3.8, 4) is 0 Å². The highest BCUT2D eigenvalue weighted by Crippen LogP contribution is 2.22. The van der Waals surface area contributed by atoms with Crippen LogP contribution < -0.4 is 0 Å². The number of hydrogen-bond donors (Lipinski definition) is 0. The van der Waals surface area contributed by atoms with Gasteiger partial charge >= 0.3 is 0 Å². The molecule has 0 N–H and O–H groups in total. The molecular weight excluding hydrogens is 200 g/mol. The Bertz CT molecular complexity index is 449. The second kappa shape index (κ2) is 3.87. The minimum Gasteiger partial charge on any atom is -0.306 e. The Morgan fingerprint density at radius 3 is 2.88 bits per heavy atom. The summed E-state index contributed by atoms with van der Waals surface area (Å²) in [7, 11) is 2.18. The van der Waals surface area contributed by atoms with Crippen molar-refractivity contribution in [3.05, 3.63) is 24.5 Å². The molecule has 1 aliphatic heterocycles. The van der Waals surface area contributed by atoms with Crippen LogP contribution in [0.3, 0.4) is 0 Å². The van der Waals surface area contributed by atoms with Crippen LogP contribution in [0.4, 0.5) is 0 Å². The van der Waals surface area contributed by atoms with E-state index in [1.54, 1.807) is 6.20 Å². The van der Waals surface area contributed by atoms with Crippen LogP contribution in [-0.4, -0.2) is 39.8 Å². The number of nitrogens with zero attached hydrogens (tertiary/aromatic N) is 4. The van der Waals surface area contributed by atoms with Crippen LogP contribution in [0.15, 0.2) is 24.5 Å². The predicted molar refractivity (Wildman–Crippen MR) is 63.3 cm³/mol. The van der Waals surface area contributed by atoms with Crippen LogP contribution >= 0.6 is 0 Å². The van der Waals surface area contributed by atoms with E-state index in [0.717, 1.165) is 24.1 Å². The Hall–Kier alpha value is -1.42. The average Bonchev–Trinajstić information content (AvgIpc) is 2.73. The summed E-state index contributed by atoms with van der Waals surface area (Å²) in [6.07, 6.45) is 6.29. The second-order valence-electron chi connectivity index (χ2n) is 4.56. The van der Waals surface area contributed by atoms with E-state index in [4.69, 9.17) is 0 Å². The van der Waals surface area contributed by atoms with Gasteiger partial charge in [0.15, 0.2) is 5.65 Å². The maximum absolute atomic E-state index is 4.55. The van der Waals surface area contributed by atoms with Gasteiger partial charge in [-0.05, 0) is 45.1 Å². The molecule has 0 aromatic carbocycles. The van der Waals surface area contributed by atoms with Crippen molar-refractivity contribution in [1.82, 2.24) is 19.7 Å². The van der Waals surface area contributed by atoms with E-state index in [2.05, 4.69) is 39.0 Å². The fourth-order valence-electron chi connectivity index (χ4n) is 2.32. The predicted octanol–water partition coefficient (Wildman–Crippen LogP) is 1.70. The fraction of sp³-hybridized carbons (Fsp3) is 0.500. The van der Waals surface area contributed by atoms with Gasteiger partial charge in [0.25, 0.3) is 0 Å². The standard InChI is InChI=1S/C12H16N4/c1-15-7-4-11(5-8-15)16-9-10-3-2-6-13-12(10)14-16/h2-3,6,9,11H,4-5,7-8H2,1H3. The monoisotopic (exact) mass is 216 g/mol. The highest BCUT2D eigenvalue weighted by molar-refractivity contribution is 5.73. The zero-order chi connectivity index (χ0) is 11.0. The van der Waals surface area contributed by atoms with Gasteiger partial charge in [0.05, 0.1) is 6.04 Å². The number of hydrogen-bond acceptors (Lipinski definition) is 3. The quantitative estimate of drug-likeness (QED) is 0.727. The zero-order valence-corrected chi connectivity index (χ0v) is 9.50. The van der Waals surface area contributed by atoms with Gasteiger partial charge in [-0.1, -0.05) is 0 Å². The molecule has 0 bridgehead atoms. The van der Waals surface area contributed by atoms with E-state index in [-0.39, 0.29) is 0 Å². The first kappa shape index (κ1) is 9.78. The van der Waals surface area contributed by atoms with Crippen molar-refractivity contribution >= 4 is 11.0 Å².